The van der Waals surface area contributed by atoms with Crippen molar-refractivity contribution in [2.24, 2.45) is 10.9 Å². The SMILES string of the molecule is CN=C(NCCCOCC(C)C)N1CCC(c2ccccc2)C1.I. The molecule has 0 aromatic heterocycles. The number of nitrogens with one attached hydrogen (secondary N) is 1. The second kappa shape index (κ2) is 11.7. The van der Waals surface area contributed by atoms with E-state index in [1.807, 2.05) is 7.05 Å². The Kier molecular flexibility index (Phi) is 10.3. The summed E-state index contributed by atoms with van der Waals surface area (Å²) in [6.45, 7) is 9.05. The van der Waals surface area contributed by atoms with Gasteiger partial charge in [-0.2, -0.15) is 0 Å². The normalized spacial score (nSPS) is 17.9. The first kappa shape index (κ1) is 21.2. The van der Waals surface area contributed by atoms with Gasteiger partial charge in [0.1, 0.15) is 0 Å². The molecule has 4 nitrogen and oxygen atoms in total. The van der Waals surface area contributed by atoms with Gasteiger partial charge in [0.05, 0.1) is 0 Å². The van der Waals surface area contributed by atoms with E-state index < -0.39 is 0 Å². The summed E-state index contributed by atoms with van der Waals surface area (Å²) in [6.07, 6.45) is 2.21. The van der Waals surface area contributed by atoms with Crippen LogP contribution in [0.4, 0.5) is 0 Å². The number of guanidine groups is 1. The molecule has 1 N–H and O–H groups in total. The first-order valence-electron chi connectivity index (χ1n) is 8.79. The third-order valence-corrected chi connectivity index (χ3v) is 4.17. The summed E-state index contributed by atoms with van der Waals surface area (Å²) >= 11 is 0. The molecule has 1 saturated heterocycles. The van der Waals surface area contributed by atoms with Crippen LogP contribution in [0.1, 0.15) is 38.2 Å². The molecule has 136 valence electrons. The Morgan fingerprint density at radius 3 is 2.75 bits per heavy atom. The van der Waals surface area contributed by atoms with Crippen LogP contribution < -0.4 is 5.32 Å². The molecule has 1 atom stereocenters. The number of hydrogen-bond acceptors (Lipinski definition) is 2. The number of nitrogens with zero attached hydrogens (tertiary/aromatic N) is 2. The van der Waals surface area contributed by atoms with E-state index in [2.05, 4.69) is 59.4 Å². The minimum atomic E-state index is 0. The van der Waals surface area contributed by atoms with Gasteiger partial charge in [-0.1, -0.05) is 44.2 Å². The van der Waals surface area contributed by atoms with Gasteiger partial charge in [0, 0.05) is 45.8 Å². The van der Waals surface area contributed by atoms with Crippen LogP contribution >= 0.6 is 24.0 Å². The maximum absolute atomic E-state index is 5.62. The lowest BCUT2D eigenvalue weighted by molar-refractivity contribution is 0.108. The van der Waals surface area contributed by atoms with Crippen LogP contribution in [0.2, 0.25) is 0 Å². The first-order chi connectivity index (χ1) is 11.2. The summed E-state index contributed by atoms with van der Waals surface area (Å²) < 4.78 is 5.62. The number of benzene rings is 1. The van der Waals surface area contributed by atoms with Gasteiger partial charge in [-0.25, -0.2) is 0 Å². The Morgan fingerprint density at radius 1 is 1.33 bits per heavy atom. The van der Waals surface area contributed by atoms with Crippen LogP contribution in [0.15, 0.2) is 35.3 Å². The summed E-state index contributed by atoms with van der Waals surface area (Å²) in [5, 5.41) is 3.47. The van der Waals surface area contributed by atoms with Crippen LogP contribution in [0.3, 0.4) is 0 Å². The van der Waals surface area contributed by atoms with Crippen molar-refractivity contribution >= 4 is 29.9 Å². The lowest BCUT2D eigenvalue weighted by Gasteiger charge is -2.22. The average molecular weight is 445 g/mol. The van der Waals surface area contributed by atoms with Crippen molar-refractivity contribution in [2.45, 2.75) is 32.6 Å². The zero-order valence-corrected chi connectivity index (χ0v) is 17.5. The molecular weight excluding hydrogens is 413 g/mol. The minimum Gasteiger partial charge on any atom is -0.381 e. The quantitative estimate of drug-likeness (QED) is 0.301. The molecule has 1 fully saturated rings. The number of hydrogen-bond donors (Lipinski definition) is 1. The van der Waals surface area contributed by atoms with Crippen molar-refractivity contribution in [1.29, 1.82) is 0 Å². The molecule has 0 bridgehead atoms. The number of aliphatic imine (C=N–C) groups is 1. The molecule has 2 rings (SSSR count). The zero-order valence-electron chi connectivity index (χ0n) is 15.2. The van der Waals surface area contributed by atoms with Gasteiger partial charge >= 0.3 is 0 Å². The highest BCUT2D eigenvalue weighted by molar-refractivity contribution is 14.0. The maximum Gasteiger partial charge on any atom is 0.193 e. The molecule has 24 heavy (non-hydrogen) atoms. The molecule has 0 radical (unpaired) electrons. The molecule has 1 aromatic rings. The van der Waals surface area contributed by atoms with Crippen LogP contribution in [-0.4, -0.2) is 50.8 Å². The van der Waals surface area contributed by atoms with Gasteiger partial charge < -0.3 is 15.0 Å². The fraction of sp³-hybridized carbons (Fsp3) is 0.632. The van der Waals surface area contributed by atoms with E-state index in [0.717, 1.165) is 45.2 Å². The van der Waals surface area contributed by atoms with Gasteiger partial charge in [0.15, 0.2) is 5.96 Å². The maximum atomic E-state index is 5.62. The summed E-state index contributed by atoms with van der Waals surface area (Å²) in [5.41, 5.74) is 1.44. The molecule has 1 aliphatic heterocycles. The van der Waals surface area contributed by atoms with Crippen LogP contribution in [0, 0.1) is 5.92 Å². The van der Waals surface area contributed by atoms with E-state index >= 15 is 0 Å². The monoisotopic (exact) mass is 445 g/mol. The van der Waals surface area contributed by atoms with E-state index in [4.69, 9.17) is 4.74 Å². The molecule has 1 unspecified atom stereocenters. The molecule has 0 aliphatic carbocycles. The Balaban J connectivity index is 0.00000288. The van der Waals surface area contributed by atoms with Crippen molar-refractivity contribution in [3.05, 3.63) is 35.9 Å². The second-order valence-electron chi connectivity index (χ2n) is 6.64. The van der Waals surface area contributed by atoms with Gasteiger partial charge in [0.25, 0.3) is 0 Å². The van der Waals surface area contributed by atoms with Crippen molar-refractivity contribution in [1.82, 2.24) is 10.2 Å². The summed E-state index contributed by atoms with van der Waals surface area (Å²) in [5.74, 6) is 2.24. The average Bonchev–Trinajstić information content (AvgIpc) is 3.04. The Labute approximate surface area is 164 Å². The van der Waals surface area contributed by atoms with Gasteiger partial charge in [-0.05, 0) is 24.3 Å². The second-order valence-corrected chi connectivity index (χ2v) is 6.64. The highest BCUT2D eigenvalue weighted by Gasteiger charge is 2.25. The van der Waals surface area contributed by atoms with E-state index in [9.17, 15) is 0 Å². The van der Waals surface area contributed by atoms with Crippen LogP contribution in [-0.2, 0) is 4.74 Å². The summed E-state index contributed by atoms with van der Waals surface area (Å²) in [7, 11) is 1.87. The highest BCUT2D eigenvalue weighted by Crippen LogP contribution is 2.26. The van der Waals surface area contributed by atoms with E-state index in [0.29, 0.717) is 11.8 Å². The third kappa shape index (κ3) is 6.97. The van der Waals surface area contributed by atoms with Crippen LogP contribution in [0.5, 0.6) is 0 Å². The highest BCUT2D eigenvalue weighted by atomic mass is 127. The molecule has 5 heteroatoms. The van der Waals surface area contributed by atoms with Crippen LogP contribution in [0.25, 0.3) is 0 Å². The van der Waals surface area contributed by atoms with E-state index in [1.165, 1.54) is 12.0 Å². The van der Waals surface area contributed by atoms with Gasteiger partial charge in [-0.15, -0.1) is 24.0 Å². The lowest BCUT2D eigenvalue weighted by Crippen LogP contribution is -2.40. The molecular formula is C19H32IN3O. The molecule has 0 spiro atoms. The summed E-state index contributed by atoms with van der Waals surface area (Å²) in [4.78, 5) is 6.80. The Bertz CT molecular complexity index is 479. The fourth-order valence-corrected chi connectivity index (χ4v) is 2.98. The standard InChI is InChI=1S/C19H31N3O.HI/c1-16(2)15-23-13-7-11-21-19(20-3)22-12-10-18(14-22)17-8-5-4-6-9-17;/h4-6,8-9,16,18H,7,10-15H2,1-3H3,(H,20,21);1H. The molecule has 0 saturated carbocycles. The summed E-state index contributed by atoms with van der Waals surface area (Å²) in [6, 6.07) is 10.8. The van der Waals surface area contributed by atoms with E-state index in [-0.39, 0.29) is 24.0 Å². The zero-order chi connectivity index (χ0) is 16.5. The predicted molar refractivity (Wildman–Crippen MR) is 112 cm³/mol. The molecule has 1 heterocycles. The minimum absolute atomic E-state index is 0. The molecule has 0 amide bonds. The van der Waals surface area contributed by atoms with Gasteiger partial charge in [-0.3, -0.25) is 4.99 Å². The third-order valence-electron chi connectivity index (χ3n) is 4.17. The van der Waals surface area contributed by atoms with Crippen molar-refractivity contribution in [2.75, 3.05) is 39.9 Å². The van der Waals surface area contributed by atoms with Crippen molar-refractivity contribution in [3.63, 3.8) is 0 Å². The van der Waals surface area contributed by atoms with Gasteiger partial charge in [0.2, 0.25) is 0 Å². The largest absolute Gasteiger partial charge is 0.381 e. The Morgan fingerprint density at radius 2 is 2.08 bits per heavy atom. The smallest absolute Gasteiger partial charge is 0.193 e. The topological polar surface area (TPSA) is 36.9 Å². The molecule has 1 aromatic carbocycles. The number of rotatable bonds is 7. The number of likely N-dealkylation sites (tertiary alicyclic amines) is 1. The number of halogens is 1. The molecule has 1 aliphatic rings. The first-order valence-corrected chi connectivity index (χ1v) is 8.79. The van der Waals surface area contributed by atoms with Crippen molar-refractivity contribution in [3.8, 4) is 0 Å². The fourth-order valence-electron chi connectivity index (χ4n) is 2.98. The van der Waals surface area contributed by atoms with E-state index in [1.54, 1.807) is 0 Å². The lowest BCUT2D eigenvalue weighted by atomic mass is 9.99. The predicted octanol–water partition coefficient (Wildman–Crippen LogP) is 3.73. The Hall–Kier alpha value is -0.820. The number of ether oxygens (including phenoxy) is 1. The van der Waals surface area contributed by atoms with Crippen molar-refractivity contribution < 1.29 is 4.74 Å².